The molecule has 1 aliphatic heterocycles. The summed E-state index contributed by atoms with van der Waals surface area (Å²) in [6, 6.07) is 9.23. The predicted octanol–water partition coefficient (Wildman–Crippen LogP) is 1.97. The van der Waals surface area contributed by atoms with E-state index in [9.17, 15) is 18.0 Å². The van der Waals surface area contributed by atoms with Crippen molar-refractivity contribution in [2.24, 2.45) is 0 Å². The van der Waals surface area contributed by atoms with Crippen molar-refractivity contribution < 1.29 is 37.0 Å². The number of nitrogens with one attached hydrogen (secondary N) is 1. The lowest BCUT2D eigenvalue weighted by Gasteiger charge is -2.18. The molecule has 2 aromatic carbocycles. The number of amides is 1. The Morgan fingerprint density at radius 2 is 1.56 bits per heavy atom. The van der Waals surface area contributed by atoms with E-state index < -0.39 is 28.5 Å². The van der Waals surface area contributed by atoms with Crippen LogP contribution < -0.4 is 19.5 Å². The van der Waals surface area contributed by atoms with Gasteiger partial charge in [-0.25, -0.2) is 13.2 Å². The maximum absolute atomic E-state index is 13.0. The van der Waals surface area contributed by atoms with Gasteiger partial charge in [-0.05, 0) is 48.7 Å². The lowest BCUT2D eigenvalue weighted by Crippen LogP contribution is -2.29. The van der Waals surface area contributed by atoms with Crippen LogP contribution in [0, 0.1) is 0 Å². The van der Waals surface area contributed by atoms with Gasteiger partial charge in [0.2, 0.25) is 10.0 Å². The average Bonchev–Trinajstić information content (AvgIpc) is 3.41. The highest BCUT2D eigenvalue weighted by molar-refractivity contribution is 7.89. The largest absolute Gasteiger partial charge is 0.495 e. The molecule has 0 saturated carbocycles. The van der Waals surface area contributed by atoms with Crippen LogP contribution in [0.4, 0.5) is 0 Å². The standard InChI is InChI=1S/C23H28N2O8S/c1-30-18-8-6-16(12-20(18)32-3)14-24-22(26)15-33-23(27)17-7-9-19(31-2)21(13-17)34(28,29)25-10-4-5-11-25/h6-9,12-13H,4-5,10-11,14-15H2,1-3H3,(H,24,26). The minimum absolute atomic E-state index is 0.00580. The molecule has 0 bridgehead atoms. The number of carbonyl (C=O) groups excluding carboxylic acids is 2. The van der Waals surface area contributed by atoms with E-state index in [1.807, 2.05) is 0 Å². The number of rotatable bonds is 10. The summed E-state index contributed by atoms with van der Waals surface area (Å²) >= 11 is 0. The maximum Gasteiger partial charge on any atom is 0.338 e. The van der Waals surface area contributed by atoms with Crippen molar-refractivity contribution in [3.05, 3.63) is 47.5 Å². The van der Waals surface area contributed by atoms with Crippen LogP contribution in [0.1, 0.15) is 28.8 Å². The molecule has 11 heteroatoms. The third-order valence-corrected chi connectivity index (χ3v) is 7.27. The predicted molar refractivity (Wildman–Crippen MR) is 123 cm³/mol. The summed E-state index contributed by atoms with van der Waals surface area (Å²) < 4.78 is 48.0. The van der Waals surface area contributed by atoms with Crippen LogP contribution in [-0.4, -0.2) is 65.6 Å². The van der Waals surface area contributed by atoms with Gasteiger partial charge in [0.25, 0.3) is 5.91 Å². The normalized spacial score (nSPS) is 13.9. The smallest absolute Gasteiger partial charge is 0.338 e. The van der Waals surface area contributed by atoms with E-state index in [0.717, 1.165) is 18.4 Å². The second-order valence-electron chi connectivity index (χ2n) is 7.52. The van der Waals surface area contributed by atoms with E-state index in [0.29, 0.717) is 24.6 Å². The van der Waals surface area contributed by atoms with Gasteiger partial charge in [-0.1, -0.05) is 6.07 Å². The molecule has 0 aromatic heterocycles. The van der Waals surface area contributed by atoms with Crippen LogP contribution in [0.25, 0.3) is 0 Å². The number of hydrogen-bond donors (Lipinski definition) is 1. The zero-order valence-electron chi connectivity index (χ0n) is 19.3. The summed E-state index contributed by atoms with van der Waals surface area (Å²) in [7, 11) is 0.587. The number of esters is 1. The van der Waals surface area contributed by atoms with Crippen LogP contribution in [-0.2, 0) is 26.1 Å². The lowest BCUT2D eigenvalue weighted by molar-refractivity contribution is -0.124. The van der Waals surface area contributed by atoms with Gasteiger partial charge in [0.05, 0.1) is 26.9 Å². The Morgan fingerprint density at radius 3 is 2.21 bits per heavy atom. The van der Waals surface area contributed by atoms with Crippen LogP contribution in [0.5, 0.6) is 17.2 Å². The average molecular weight is 493 g/mol. The van der Waals surface area contributed by atoms with E-state index >= 15 is 0 Å². The first-order chi connectivity index (χ1) is 16.3. The number of nitrogens with zero attached hydrogens (tertiary/aromatic N) is 1. The fraction of sp³-hybridized carbons (Fsp3) is 0.391. The Labute approximate surface area is 198 Å². The molecule has 184 valence electrons. The summed E-state index contributed by atoms with van der Waals surface area (Å²) in [5.74, 6) is -0.101. The highest BCUT2D eigenvalue weighted by atomic mass is 32.2. The zero-order valence-corrected chi connectivity index (χ0v) is 20.1. The number of carbonyl (C=O) groups is 2. The van der Waals surface area contributed by atoms with Crippen LogP contribution in [0.3, 0.4) is 0 Å². The summed E-state index contributed by atoms with van der Waals surface area (Å²) in [5.41, 5.74) is 0.774. The van der Waals surface area contributed by atoms with Gasteiger partial charge >= 0.3 is 5.97 Å². The summed E-state index contributed by atoms with van der Waals surface area (Å²) in [6.45, 7) is 0.505. The van der Waals surface area contributed by atoms with Crippen LogP contribution >= 0.6 is 0 Å². The summed E-state index contributed by atoms with van der Waals surface area (Å²) in [6.07, 6.45) is 1.56. The van der Waals surface area contributed by atoms with Crippen molar-refractivity contribution in [3.63, 3.8) is 0 Å². The minimum Gasteiger partial charge on any atom is -0.495 e. The third kappa shape index (κ3) is 5.78. The molecule has 2 aromatic rings. The maximum atomic E-state index is 13.0. The van der Waals surface area contributed by atoms with Crippen LogP contribution in [0.15, 0.2) is 41.3 Å². The van der Waals surface area contributed by atoms with Crippen molar-refractivity contribution in [3.8, 4) is 17.2 Å². The van der Waals surface area contributed by atoms with E-state index in [1.165, 1.54) is 43.8 Å². The molecular weight excluding hydrogens is 464 g/mol. The molecule has 34 heavy (non-hydrogen) atoms. The molecule has 0 aliphatic carbocycles. The Hall–Kier alpha value is -3.31. The first-order valence-corrected chi connectivity index (χ1v) is 12.1. The first kappa shape index (κ1) is 25.3. The quantitative estimate of drug-likeness (QED) is 0.500. The first-order valence-electron chi connectivity index (χ1n) is 10.6. The molecule has 10 nitrogen and oxygen atoms in total. The van der Waals surface area contributed by atoms with Gasteiger partial charge in [-0.3, -0.25) is 4.79 Å². The zero-order chi connectivity index (χ0) is 24.7. The lowest BCUT2D eigenvalue weighted by atomic mass is 10.2. The number of benzene rings is 2. The van der Waals surface area contributed by atoms with Gasteiger partial charge in [-0.2, -0.15) is 4.31 Å². The monoisotopic (exact) mass is 492 g/mol. The van der Waals surface area contributed by atoms with Crippen molar-refractivity contribution in [2.45, 2.75) is 24.3 Å². The molecule has 1 amide bonds. The highest BCUT2D eigenvalue weighted by Gasteiger charge is 2.31. The minimum atomic E-state index is -3.82. The Balaban J connectivity index is 1.62. The van der Waals surface area contributed by atoms with E-state index in [-0.39, 0.29) is 22.8 Å². The van der Waals surface area contributed by atoms with Crippen molar-refractivity contribution >= 4 is 21.9 Å². The summed E-state index contributed by atoms with van der Waals surface area (Å²) in [4.78, 5) is 24.6. The Morgan fingerprint density at radius 1 is 0.912 bits per heavy atom. The van der Waals surface area contributed by atoms with Gasteiger partial charge < -0.3 is 24.3 Å². The number of sulfonamides is 1. The van der Waals surface area contributed by atoms with Crippen LogP contribution in [0.2, 0.25) is 0 Å². The fourth-order valence-corrected chi connectivity index (χ4v) is 5.23. The van der Waals surface area contributed by atoms with Gasteiger partial charge in [0.1, 0.15) is 10.6 Å². The number of hydrogen-bond acceptors (Lipinski definition) is 8. The molecule has 1 heterocycles. The molecule has 3 rings (SSSR count). The van der Waals surface area contributed by atoms with Gasteiger partial charge in [0, 0.05) is 19.6 Å². The van der Waals surface area contributed by atoms with E-state index in [4.69, 9.17) is 18.9 Å². The molecule has 0 atom stereocenters. The van der Waals surface area contributed by atoms with E-state index in [2.05, 4.69) is 5.32 Å². The Bertz CT molecular complexity index is 1140. The SMILES string of the molecule is COc1ccc(CNC(=O)COC(=O)c2ccc(OC)c(S(=O)(=O)N3CCCC3)c2)cc1OC. The van der Waals surface area contributed by atoms with E-state index in [1.54, 1.807) is 18.2 Å². The van der Waals surface area contributed by atoms with Crippen molar-refractivity contribution in [1.82, 2.24) is 9.62 Å². The molecule has 1 aliphatic rings. The molecule has 1 fully saturated rings. The van der Waals surface area contributed by atoms with Gasteiger partial charge in [-0.15, -0.1) is 0 Å². The summed E-state index contributed by atoms with van der Waals surface area (Å²) in [5, 5.41) is 2.65. The second kappa shape index (κ2) is 11.2. The molecule has 0 radical (unpaired) electrons. The molecular formula is C23H28N2O8S. The molecule has 0 spiro atoms. The fourth-order valence-electron chi connectivity index (χ4n) is 3.53. The molecule has 1 N–H and O–H groups in total. The van der Waals surface area contributed by atoms with Gasteiger partial charge in [0.15, 0.2) is 18.1 Å². The number of ether oxygens (including phenoxy) is 4. The molecule has 0 unspecified atom stereocenters. The molecule has 1 saturated heterocycles. The van der Waals surface area contributed by atoms with Crippen molar-refractivity contribution in [2.75, 3.05) is 41.0 Å². The van der Waals surface area contributed by atoms with Crippen molar-refractivity contribution in [1.29, 1.82) is 0 Å². The number of methoxy groups -OCH3 is 3. The highest BCUT2D eigenvalue weighted by Crippen LogP contribution is 2.30. The Kier molecular flexibility index (Phi) is 8.35. The topological polar surface area (TPSA) is 120 Å². The second-order valence-corrected chi connectivity index (χ2v) is 9.43. The third-order valence-electron chi connectivity index (χ3n) is 5.35.